The molecule has 0 spiro atoms. The largest absolute Gasteiger partial charge is 0.399 e. The Kier molecular flexibility index (Phi) is 6.40. The van der Waals surface area contributed by atoms with E-state index in [0.717, 1.165) is 12.5 Å². The fraction of sp³-hybridized carbons (Fsp3) is 0.538. The third kappa shape index (κ3) is 4.81. The van der Waals surface area contributed by atoms with Gasteiger partial charge in [-0.2, -0.15) is 0 Å². The molecule has 1 rings (SSSR count). The molecule has 5 nitrogen and oxygen atoms in total. The molecule has 1 atom stereocenters. The third-order valence-electron chi connectivity index (χ3n) is 3.41. The van der Waals surface area contributed by atoms with Gasteiger partial charge in [-0.05, 0) is 32.5 Å². The van der Waals surface area contributed by atoms with Crippen LogP contribution in [-0.2, 0) is 10.0 Å². The monoisotopic (exact) mass is 337 g/mol. The molecule has 0 heterocycles. The number of nitrogens with two attached hydrogens (primary N) is 1. The molecule has 0 radical (unpaired) electrons. The van der Waals surface area contributed by atoms with Crippen LogP contribution >= 0.6 is 11.6 Å². The number of likely N-dealkylation sites (N-methyl/N-ethyl adjacent to an activating group) is 1. The summed E-state index contributed by atoms with van der Waals surface area (Å²) in [5, 5.41) is -0.313. The first-order chi connectivity index (χ1) is 9.69. The maximum Gasteiger partial charge on any atom is 0.243 e. The van der Waals surface area contributed by atoms with Gasteiger partial charge in [0.2, 0.25) is 10.0 Å². The van der Waals surface area contributed by atoms with E-state index in [1.54, 1.807) is 0 Å². The lowest BCUT2D eigenvalue weighted by molar-refractivity contribution is 0.256. The minimum absolute atomic E-state index is 0.0958. The molecule has 1 aromatic rings. The number of hydrogen-bond acceptors (Lipinski definition) is 4. The second-order valence-electron chi connectivity index (χ2n) is 4.95. The molecule has 0 saturated carbocycles. The van der Waals surface area contributed by atoms with Crippen molar-refractivity contribution in [1.82, 2.24) is 9.62 Å². The van der Waals surface area contributed by atoms with Gasteiger partial charge in [-0.25, -0.2) is 17.5 Å². The highest BCUT2D eigenvalue weighted by Gasteiger charge is 2.21. The number of hydrogen-bond donors (Lipinski definition) is 2. The molecule has 1 aromatic carbocycles. The van der Waals surface area contributed by atoms with Crippen molar-refractivity contribution < 1.29 is 12.8 Å². The molecule has 8 heteroatoms. The van der Waals surface area contributed by atoms with Crippen LogP contribution in [0.4, 0.5) is 10.1 Å². The van der Waals surface area contributed by atoms with Crippen LogP contribution < -0.4 is 10.5 Å². The van der Waals surface area contributed by atoms with Gasteiger partial charge in [0.15, 0.2) is 5.82 Å². The molecule has 3 N–H and O–H groups in total. The number of rotatable bonds is 7. The van der Waals surface area contributed by atoms with E-state index in [0.29, 0.717) is 12.6 Å². The van der Waals surface area contributed by atoms with Crippen molar-refractivity contribution in [2.75, 3.05) is 25.9 Å². The zero-order valence-electron chi connectivity index (χ0n) is 12.4. The van der Waals surface area contributed by atoms with Gasteiger partial charge in [0.1, 0.15) is 4.90 Å². The highest BCUT2D eigenvalue weighted by Crippen LogP contribution is 2.25. The predicted octanol–water partition coefficient (Wildman–Crippen LogP) is 2.07. The number of nitrogens with one attached hydrogen (secondary N) is 1. The zero-order chi connectivity index (χ0) is 16.2. The van der Waals surface area contributed by atoms with E-state index in [1.165, 1.54) is 6.07 Å². The standard InChI is InChI=1S/C13H21ClFN3O2S/c1-4-9(2)18(3)6-5-17-21(19,20)12-8-10(16)7-11(14)13(12)15/h7-9,17H,4-6,16H2,1-3H3. The summed E-state index contributed by atoms with van der Waals surface area (Å²) < 4.78 is 40.4. The highest BCUT2D eigenvalue weighted by molar-refractivity contribution is 7.89. The fourth-order valence-corrected chi connectivity index (χ4v) is 3.18. The lowest BCUT2D eigenvalue weighted by atomic mass is 10.2. The van der Waals surface area contributed by atoms with E-state index >= 15 is 0 Å². The van der Waals surface area contributed by atoms with Crippen LogP contribution in [0.15, 0.2) is 17.0 Å². The maximum atomic E-state index is 13.8. The molecule has 0 fully saturated rings. The van der Waals surface area contributed by atoms with Crippen LogP contribution in [0.25, 0.3) is 0 Å². The van der Waals surface area contributed by atoms with E-state index in [-0.39, 0.29) is 17.3 Å². The molecule has 0 aliphatic heterocycles. The highest BCUT2D eigenvalue weighted by atomic mass is 35.5. The second kappa shape index (κ2) is 7.40. The van der Waals surface area contributed by atoms with Crippen molar-refractivity contribution in [3.05, 3.63) is 23.0 Å². The molecule has 0 amide bonds. The van der Waals surface area contributed by atoms with Crippen LogP contribution in [0.2, 0.25) is 5.02 Å². The Morgan fingerprint density at radius 2 is 2.10 bits per heavy atom. The number of nitrogen functional groups attached to an aromatic ring is 1. The smallest absolute Gasteiger partial charge is 0.243 e. The summed E-state index contributed by atoms with van der Waals surface area (Å²) in [4.78, 5) is 1.49. The molecule has 0 bridgehead atoms. The number of sulfonamides is 1. The summed E-state index contributed by atoms with van der Waals surface area (Å²) in [7, 11) is -2.08. The molecule has 0 aromatic heterocycles. The first-order valence-electron chi connectivity index (χ1n) is 6.63. The summed E-state index contributed by atoms with van der Waals surface area (Å²) in [6.45, 7) is 4.79. The normalized spacial score (nSPS) is 13.6. The van der Waals surface area contributed by atoms with E-state index in [4.69, 9.17) is 17.3 Å². The molecule has 21 heavy (non-hydrogen) atoms. The van der Waals surface area contributed by atoms with Crippen molar-refractivity contribution in [2.24, 2.45) is 0 Å². The van der Waals surface area contributed by atoms with E-state index < -0.39 is 20.7 Å². The Hall–Kier alpha value is -0.890. The second-order valence-corrected chi connectivity index (χ2v) is 7.09. The molecular formula is C13H21ClFN3O2S. The van der Waals surface area contributed by atoms with Gasteiger partial charge in [0.05, 0.1) is 5.02 Å². The van der Waals surface area contributed by atoms with Gasteiger partial charge in [-0.1, -0.05) is 18.5 Å². The Morgan fingerprint density at radius 3 is 2.67 bits per heavy atom. The Labute approximate surface area is 130 Å². The van der Waals surface area contributed by atoms with Crippen molar-refractivity contribution in [3.63, 3.8) is 0 Å². The summed E-state index contributed by atoms with van der Waals surface area (Å²) in [6.07, 6.45) is 0.961. The van der Waals surface area contributed by atoms with Crippen molar-refractivity contribution in [1.29, 1.82) is 0 Å². The predicted molar refractivity (Wildman–Crippen MR) is 83.4 cm³/mol. The minimum Gasteiger partial charge on any atom is -0.399 e. The molecule has 0 aliphatic carbocycles. The van der Waals surface area contributed by atoms with Gasteiger partial charge < -0.3 is 10.6 Å². The van der Waals surface area contributed by atoms with Gasteiger partial charge in [-0.3, -0.25) is 0 Å². The van der Waals surface area contributed by atoms with Crippen molar-refractivity contribution >= 4 is 27.3 Å². The average molecular weight is 338 g/mol. The summed E-state index contributed by atoms with van der Waals surface area (Å²) in [5.41, 5.74) is 5.60. The van der Waals surface area contributed by atoms with Gasteiger partial charge in [-0.15, -0.1) is 0 Å². The van der Waals surface area contributed by atoms with Crippen LogP contribution in [0, 0.1) is 5.82 Å². The summed E-state index contributed by atoms with van der Waals surface area (Å²) in [5.74, 6) is -0.992. The number of anilines is 1. The number of nitrogens with zero attached hydrogens (tertiary/aromatic N) is 1. The van der Waals surface area contributed by atoms with Crippen molar-refractivity contribution in [2.45, 2.75) is 31.2 Å². The fourth-order valence-electron chi connectivity index (χ4n) is 1.75. The average Bonchev–Trinajstić information content (AvgIpc) is 2.41. The van der Waals surface area contributed by atoms with E-state index in [2.05, 4.69) is 11.6 Å². The van der Waals surface area contributed by atoms with E-state index in [1.807, 2.05) is 18.9 Å². The van der Waals surface area contributed by atoms with Gasteiger partial charge >= 0.3 is 0 Å². The summed E-state index contributed by atoms with van der Waals surface area (Å²) in [6, 6.07) is 2.57. The minimum atomic E-state index is -3.98. The van der Waals surface area contributed by atoms with Crippen LogP contribution in [0.3, 0.4) is 0 Å². The molecular weight excluding hydrogens is 317 g/mol. The SMILES string of the molecule is CCC(C)N(C)CCNS(=O)(=O)c1cc(N)cc(Cl)c1F. The van der Waals surface area contributed by atoms with Crippen molar-refractivity contribution in [3.8, 4) is 0 Å². The Morgan fingerprint density at radius 1 is 1.48 bits per heavy atom. The number of halogens is 2. The lowest BCUT2D eigenvalue weighted by Crippen LogP contribution is -2.37. The number of benzene rings is 1. The Bertz CT molecular complexity index is 595. The topological polar surface area (TPSA) is 75.4 Å². The summed E-state index contributed by atoms with van der Waals surface area (Å²) >= 11 is 5.61. The van der Waals surface area contributed by atoms with E-state index in [9.17, 15) is 12.8 Å². The molecule has 1 unspecified atom stereocenters. The molecule has 0 aliphatic rings. The third-order valence-corrected chi connectivity index (χ3v) is 5.14. The molecule has 0 saturated heterocycles. The zero-order valence-corrected chi connectivity index (χ0v) is 13.9. The van der Waals surface area contributed by atoms with Gasteiger partial charge in [0.25, 0.3) is 0 Å². The van der Waals surface area contributed by atoms with Crippen LogP contribution in [0.1, 0.15) is 20.3 Å². The van der Waals surface area contributed by atoms with Gasteiger partial charge in [0, 0.05) is 24.8 Å². The van der Waals surface area contributed by atoms with Crippen LogP contribution in [0.5, 0.6) is 0 Å². The lowest BCUT2D eigenvalue weighted by Gasteiger charge is -2.23. The first-order valence-corrected chi connectivity index (χ1v) is 8.49. The first kappa shape index (κ1) is 18.2. The maximum absolute atomic E-state index is 13.8. The quantitative estimate of drug-likeness (QED) is 0.747. The Balaban J connectivity index is 2.79. The van der Waals surface area contributed by atoms with Crippen LogP contribution in [-0.4, -0.2) is 39.5 Å². The molecule has 120 valence electrons.